The van der Waals surface area contributed by atoms with Gasteiger partial charge in [-0.3, -0.25) is 0 Å². The van der Waals surface area contributed by atoms with Crippen molar-refractivity contribution in [3.63, 3.8) is 0 Å². The number of nitrogens with zero attached hydrogens (tertiary/aromatic N) is 1. The van der Waals surface area contributed by atoms with Gasteiger partial charge in [0, 0.05) is 12.7 Å². The molecule has 1 rings (SSSR count). The Morgan fingerprint density at radius 3 is 2.72 bits per heavy atom. The zero-order valence-electron chi connectivity index (χ0n) is 9.81. The summed E-state index contributed by atoms with van der Waals surface area (Å²) in [6.07, 6.45) is 1.99. The normalized spacial score (nSPS) is 11.0. The second kappa shape index (κ2) is 7.75. The number of rotatable bonds is 6. The van der Waals surface area contributed by atoms with Crippen LogP contribution in [0.5, 0.6) is 0 Å². The van der Waals surface area contributed by atoms with Gasteiger partial charge in [0.15, 0.2) is 0 Å². The number of aromatic nitrogens is 1. The minimum atomic E-state index is -3.64. The first-order valence-corrected chi connectivity index (χ1v) is 6.89. The largest absolute Gasteiger partial charge is 0.383 e. The van der Waals surface area contributed by atoms with Gasteiger partial charge in [-0.15, -0.1) is 12.4 Å². The van der Waals surface area contributed by atoms with Crippen LogP contribution in [0.15, 0.2) is 17.2 Å². The molecule has 0 radical (unpaired) electrons. The summed E-state index contributed by atoms with van der Waals surface area (Å²) in [5.41, 5.74) is 5.50. The number of hydrogen-bond donors (Lipinski definition) is 3. The van der Waals surface area contributed by atoms with Crippen molar-refractivity contribution in [3.8, 4) is 0 Å². The molecule has 0 bridgehead atoms. The minimum Gasteiger partial charge on any atom is -0.383 e. The molecule has 18 heavy (non-hydrogen) atoms. The molecule has 0 unspecified atom stereocenters. The van der Waals surface area contributed by atoms with E-state index in [1.165, 1.54) is 12.3 Å². The molecule has 1 heterocycles. The zero-order valence-corrected chi connectivity index (χ0v) is 12.2. The highest BCUT2D eigenvalue weighted by Gasteiger charge is 2.18. The predicted molar refractivity (Wildman–Crippen MR) is 74.6 cm³/mol. The number of hydrogen-bond acceptors (Lipinski definition) is 5. The van der Waals surface area contributed by atoms with Crippen LogP contribution in [0.2, 0.25) is 5.02 Å². The van der Waals surface area contributed by atoms with Crippen LogP contribution in [0.25, 0.3) is 0 Å². The van der Waals surface area contributed by atoms with Crippen LogP contribution in [0.3, 0.4) is 0 Å². The summed E-state index contributed by atoms with van der Waals surface area (Å²) >= 11 is 5.69. The van der Waals surface area contributed by atoms with Gasteiger partial charge in [0.25, 0.3) is 0 Å². The van der Waals surface area contributed by atoms with Gasteiger partial charge >= 0.3 is 0 Å². The van der Waals surface area contributed by atoms with Crippen molar-refractivity contribution in [2.45, 2.75) is 11.3 Å². The molecule has 9 heteroatoms. The topological polar surface area (TPSA) is 97.1 Å². The van der Waals surface area contributed by atoms with Gasteiger partial charge in [0.2, 0.25) is 10.0 Å². The number of nitrogen functional groups attached to an aromatic ring is 1. The molecule has 0 saturated carbocycles. The lowest BCUT2D eigenvalue weighted by Gasteiger charge is -2.08. The van der Waals surface area contributed by atoms with Gasteiger partial charge in [0.1, 0.15) is 10.7 Å². The Kier molecular flexibility index (Phi) is 7.49. The molecular weight excluding hydrogens is 299 g/mol. The number of nitrogens with two attached hydrogens (primary N) is 1. The fourth-order valence-electron chi connectivity index (χ4n) is 1.20. The third-order valence-electron chi connectivity index (χ3n) is 2.03. The SMILES string of the molecule is CNCCCNS(=O)(=O)c1cc(Cl)cnc1N.Cl. The van der Waals surface area contributed by atoms with Crippen LogP contribution >= 0.6 is 24.0 Å². The molecule has 0 atom stereocenters. The molecule has 6 nitrogen and oxygen atoms in total. The second-order valence-corrected chi connectivity index (χ2v) is 5.56. The fourth-order valence-corrected chi connectivity index (χ4v) is 2.60. The Bertz CT molecular complexity index is 481. The van der Waals surface area contributed by atoms with E-state index in [0.717, 1.165) is 6.54 Å². The third kappa shape index (κ3) is 4.95. The number of nitrogens with one attached hydrogen (secondary N) is 2. The van der Waals surface area contributed by atoms with Crippen LogP contribution < -0.4 is 15.8 Å². The van der Waals surface area contributed by atoms with E-state index in [0.29, 0.717) is 13.0 Å². The first-order valence-electron chi connectivity index (χ1n) is 5.02. The van der Waals surface area contributed by atoms with Crippen molar-refractivity contribution in [3.05, 3.63) is 17.3 Å². The molecule has 0 spiro atoms. The van der Waals surface area contributed by atoms with Gasteiger partial charge in [-0.25, -0.2) is 18.1 Å². The highest BCUT2D eigenvalue weighted by molar-refractivity contribution is 7.89. The number of anilines is 1. The van der Waals surface area contributed by atoms with Crippen molar-refractivity contribution in [2.75, 3.05) is 25.9 Å². The summed E-state index contributed by atoms with van der Waals surface area (Å²) in [4.78, 5) is 3.62. The molecule has 1 aromatic heterocycles. The summed E-state index contributed by atoms with van der Waals surface area (Å²) in [6.45, 7) is 1.06. The molecule has 0 fully saturated rings. The Hall–Kier alpha value is -0.600. The second-order valence-electron chi connectivity index (χ2n) is 3.39. The first kappa shape index (κ1) is 17.4. The van der Waals surface area contributed by atoms with Gasteiger partial charge in [-0.2, -0.15) is 0 Å². The summed E-state index contributed by atoms with van der Waals surface area (Å²) in [5.74, 6) is -0.0597. The lowest BCUT2D eigenvalue weighted by Crippen LogP contribution is -2.27. The van der Waals surface area contributed by atoms with Crippen LogP contribution in [-0.4, -0.2) is 33.5 Å². The maximum Gasteiger partial charge on any atom is 0.244 e. The van der Waals surface area contributed by atoms with Crippen molar-refractivity contribution in [1.82, 2.24) is 15.0 Å². The maximum absolute atomic E-state index is 11.9. The van der Waals surface area contributed by atoms with Crippen LogP contribution in [0.1, 0.15) is 6.42 Å². The molecule has 104 valence electrons. The van der Waals surface area contributed by atoms with Crippen molar-refractivity contribution < 1.29 is 8.42 Å². The standard InChI is InChI=1S/C9H15ClN4O2S.ClH/c1-12-3-2-4-14-17(15,16)8-5-7(10)6-13-9(8)11;/h5-6,12,14H,2-4H2,1H3,(H2,11,13);1H. The van der Waals surface area contributed by atoms with E-state index in [1.54, 1.807) is 7.05 Å². The first-order chi connectivity index (χ1) is 7.97. The molecule has 0 amide bonds. The summed E-state index contributed by atoms with van der Waals surface area (Å²) < 4.78 is 26.1. The van der Waals surface area contributed by atoms with E-state index >= 15 is 0 Å². The molecule has 0 saturated heterocycles. The average Bonchev–Trinajstić information content (AvgIpc) is 2.28. The van der Waals surface area contributed by atoms with Crippen molar-refractivity contribution >= 4 is 39.8 Å². The predicted octanol–water partition coefficient (Wildman–Crippen LogP) is 0.627. The Balaban J connectivity index is 0.00000289. The molecular formula is C9H16Cl2N4O2S. The monoisotopic (exact) mass is 314 g/mol. The van der Waals surface area contributed by atoms with Crippen LogP contribution in [0, 0.1) is 0 Å². The van der Waals surface area contributed by atoms with Gasteiger partial charge in [-0.1, -0.05) is 11.6 Å². The summed E-state index contributed by atoms with van der Waals surface area (Å²) in [6, 6.07) is 1.28. The zero-order chi connectivity index (χ0) is 12.9. The van der Waals surface area contributed by atoms with Crippen molar-refractivity contribution in [2.24, 2.45) is 0 Å². The van der Waals surface area contributed by atoms with E-state index in [1.807, 2.05) is 0 Å². The Labute approximate surface area is 118 Å². The van der Waals surface area contributed by atoms with E-state index < -0.39 is 10.0 Å². The number of pyridine rings is 1. The van der Waals surface area contributed by atoms with Gasteiger partial charge in [0.05, 0.1) is 5.02 Å². The van der Waals surface area contributed by atoms with E-state index in [-0.39, 0.29) is 28.1 Å². The smallest absolute Gasteiger partial charge is 0.244 e. The lowest BCUT2D eigenvalue weighted by molar-refractivity contribution is 0.577. The van der Waals surface area contributed by atoms with E-state index in [4.69, 9.17) is 17.3 Å². The van der Waals surface area contributed by atoms with E-state index in [9.17, 15) is 8.42 Å². The van der Waals surface area contributed by atoms with Crippen LogP contribution in [0.4, 0.5) is 5.82 Å². The van der Waals surface area contributed by atoms with Gasteiger partial charge < -0.3 is 11.1 Å². The number of halogens is 2. The summed E-state index contributed by atoms with van der Waals surface area (Å²) in [7, 11) is -1.84. The Morgan fingerprint density at radius 2 is 2.11 bits per heavy atom. The third-order valence-corrected chi connectivity index (χ3v) is 3.73. The quantitative estimate of drug-likeness (QED) is 0.669. The number of sulfonamides is 1. The average molecular weight is 315 g/mol. The van der Waals surface area contributed by atoms with Crippen LogP contribution in [-0.2, 0) is 10.0 Å². The highest BCUT2D eigenvalue weighted by Crippen LogP contribution is 2.19. The van der Waals surface area contributed by atoms with E-state index in [2.05, 4.69) is 15.0 Å². The molecule has 0 aliphatic heterocycles. The highest BCUT2D eigenvalue weighted by atomic mass is 35.5. The lowest BCUT2D eigenvalue weighted by atomic mass is 10.4. The molecule has 4 N–H and O–H groups in total. The maximum atomic E-state index is 11.9. The molecule has 0 aliphatic carbocycles. The molecule has 0 aliphatic rings. The minimum absolute atomic E-state index is 0. The summed E-state index contributed by atoms with van der Waals surface area (Å²) in [5, 5.41) is 3.15. The molecule has 0 aromatic carbocycles. The van der Waals surface area contributed by atoms with Gasteiger partial charge in [-0.05, 0) is 26.1 Å². The fraction of sp³-hybridized carbons (Fsp3) is 0.444. The Morgan fingerprint density at radius 1 is 1.44 bits per heavy atom. The molecule has 1 aromatic rings. The van der Waals surface area contributed by atoms with Crippen molar-refractivity contribution in [1.29, 1.82) is 0 Å².